The summed E-state index contributed by atoms with van der Waals surface area (Å²) in [5.74, 6) is -1.57. The van der Waals surface area contributed by atoms with Gasteiger partial charge in [-0.2, -0.15) is 0 Å². The van der Waals surface area contributed by atoms with Gasteiger partial charge in [-0.3, -0.25) is 14.5 Å². The number of thioether (sulfide) groups is 1. The van der Waals surface area contributed by atoms with E-state index in [2.05, 4.69) is 22.0 Å². The van der Waals surface area contributed by atoms with Gasteiger partial charge in [-0.15, -0.1) is 23.1 Å². The number of thiazole rings is 1. The number of aromatic nitrogens is 1. The molecule has 12 heteroatoms. The summed E-state index contributed by atoms with van der Waals surface area (Å²) >= 11 is 2.62. The van der Waals surface area contributed by atoms with E-state index in [9.17, 15) is 19.5 Å². The molecule has 0 spiro atoms. The molecule has 1 fully saturated rings. The largest absolute Gasteiger partial charge is 0.478 e. The molecular weight excluding hydrogens is 490 g/mol. The fourth-order valence-corrected chi connectivity index (χ4v) is 5.20. The minimum Gasteiger partial charge on any atom is -0.478 e. The zero-order chi connectivity index (χ0) is 25.9. The summed E-state index contributed by atoms with van der Waals surface area (Å²) in [7, 11) is 0. The van der Waals surface area contributed by atoms with Crippen LogP contribution in [0.3, 0.4) is 0 Å². The first-order valence-electron chi connectivity index (χ1n) is 10.6. The number of carboxylic acids is 1. The molecule has 0 radical (unpaired) electrons. The quantitative estimate of drug-likeness (QED) is 0.196. The Hall–Kier alpha value is -3.38. The predicted octanol–water partition coefficient (Wildman–Crippen LogP) is 2.67. The van der Waals surface area contributed by atoms with Crippen LogP contribution < -0.4 is 11.1 Å². The molecule has 1 aromatic heterocycles. The number of carbonyl (C=O) groups is 3. The maximum absolute atomic E-state index is 13.1. The van der Waals surface area contributed by atoms with Gasteiger partial charge in [0.05, 0.1) is 0 Å². The summed E-state index contributed by atoms with van der Waals surface area (Å²) in [6.45, 7) is 10.3. The number of hydrogen-bond acceptors (Lipinski definition) is 9. The summed E-state index contributed by atoms with van der Waals surface area (Å²) in [6, 6.07) is -0.778. The second-order valence-corrected chi connectivity index (χ2v) is 10.3. The second-order valence-electron chi connectivity index (χ2n) is 8.30. The number of anilines is 1. The van der Waals surface area contributed by atoms with E-state index in [1.807, 2.05) is 38.2 Å². The summed E-state index contributed by atoms with van der Waals surface area (Å²) < 4.78 is 0. The molecule has 1 saturated heterocycles. The molecular formula is C23H27N5O5S2. The Labute approximate surface area is 211 Å². The SMILES string of the molecule is C=C(/C=C\C)/C=C/C1=C(C)N2C(=O)[C@@H](NC(=O)/C(=N\OC(C)(C)C(=O)O)c3csc(N)n3)[C@@H]2SC1. The lowest BCUT2D eigenvalue weighted by Crippen LogP contribution is -2.70. The van der Waals surface area contributed by atoms with Crippen molar-refractivity contribution < 1.29 is 24.3 Å². The molecule has 0 unspecified atom stereocenters. The topological polar surface area (TPSA) is 147 Å². The number of nitrogens with one attached hydrogen (secondary N) is 1. The number of carboxylic acid groups (broad SMARTS) is 1. The van der Waals surface area contributed by atoms with Gasteiger partial charge in [-0.05, 0) is 38.8 Å². The zero-order valence-electron chi connectivity index (χ0n) is 19.8. The molecule has 35 heavy (non-hydrogen) atoms. The van der Waals surface area contributed by atoms with E-state index in [0.717, 1.165) is 28.2 Å². The number of aliphatic carboxylic acids is 1. The molecule has 1 aromatic rings. The number of amides is 2. The van der Waals surface area contributed by atoms with Gasteiger partial charge in [-0.1, -0.05) is 36.0 Å². The van der Waals surface area contributed by atoms with E-state index in [1.54, 1.807) is 4.90 Å². The molecule has 10 nitrogen and oxygen atoms in total. The van der Waals surface area contributed by atoms with Gasteiger partial charge in [0.1, 0.15) is 17.1 Å². The Bertz CT molecular complexity index is 1180. The van der Waals surface area contributed by atoms with Crippen molar-refractivity contribution in [3.8, 4) is 0 Å². The first kappa shape index (κ1) is 26.2. The highest BCUT2D eigenvalue weighted by Crippen LogP contribution is 2.40. The first-order valence-corrected chi connectivity index (χ1v) is 12.5. The number of allylic oxidation sites excluding steroid dienone is 6. The van der Waals surface area contributed by atoms with Crippen molar-refractivity contribution in [2.75, 3.05) is 11.5 Å². The molecule has 2 aliphatic rings. The van der Waals surface area contributed by atoms with Gasteiger partial charge in [0.2, 0.25) is 5.60 Å². The lowest BCUT2D eigenvalue weighted by molar-refractivity contribution is -0.161. The highest BCUT2D eigenvalue weighted by molar-refractivity contribution is 8.00. The molecule has 2 amide bonds. The average Bonchev–Trinajstić information content (AvgIpc) is 3.22. The molecule has 2 atom stereocenters. The van der Waals surface area contributed by atoms with Crippen molar-refractivity contribution in [3.63, 3.8) is 0 Å². The third-order valence-electron chi connectivity index (χ3n) is 5.30. The number of nitrogens with two attached hydrogens (primary N) is 1. The minimum atomic E-state index is -1.68. The molecule has 0 aliphatic carbocycles. The van der Waals surface area contributed by atoms with Gasteiger partial charge in [0, 0.05) is 16.8 Å². The minimum absolute atomic E-state index is 0.121. The first-order chi connectivity index (χ1) is 16.5. The third-order valence-corrected chi connectivity index (χ3v) is 7.28. The van der Waals surface area contributed by atoms with E-state index in [1.165, 1.54) is 31.0 Å². The van der Waals surface area contributed by atoms with Crippen LogP contribution in [0.2, 0.25) is 0 Å². The number of hydrogen-bond donors (Lipinski definition) is 3. The highest BCUT2D eigenvalue weighted by Gasteiger charge is 2.51. The van der Waals surface area contributed by atoms with Crippen molar-refractivity contribution in [1.82, 2.24) is 15.2 Å². The Morgan fingerprint density at radius 3 is 2.74 bits per heavy atom. The number of oxime groups is 1. The highest BCUT2D eigenvalue weighted by atomic mass is 32.2. The van der Waals surface area contributed by atoms with Crippen LogP contribution in [-0.4, -0.2) is 61.3 Å². The average molecular weight is 518 g/mol. The van der Waals surface area contributed by atoms with Crippen LogP contribution in [0.25, 0.3) is 0 Å². The van der Waals surface area contributed by atoms with Gasteiger partial charge < -0.3 is 21.0 Å². The van der Waals surface area contributed by atoms with E-state index in [4.69, 9.17) is 10.6 Å². The molecule has 0 aromatic carbocycles. The molecule has 0 saturated carbocycles. The van der Waals surface area contributed by atoms with Crippen molar-refractivity contribution >= 4 is 51.7 Å². The van der Waals surface area contributed by atoms with E-state index >= 15 is 0 Å². The number of nitrogen functional groups attached to an aromatic ring is 1. The predicted molar refractivity (Wildman–Crippen MR) is 137 cm³/mol. The van der Waals surface area contributed by atoms with Crippen molar-refractivity contribution in [2.24, 2.45) is 5.16 Å². The van der Waals surface area contributed by atoms with Gasteiger partial charge in [0.15, 0.2) is 10.8 Å². The van der Waals surface area contributed by atoms with E-state index < -0.39 is 23.5 Å². The standard InChI is InChI=1S/C23H27N5O5S2/c1-6-7-12(2)8-9-14-10-34-20-17(19(30)28(20)13(14)3)26-18(29)16(15-11-35-22(24)25-15)27-33-23(4,5)21(31)32/h6-9,11,17,20H,2,10H2,1,3-5H3,(H2,24,25)(H,26,29)(H,31,32)/b7-6-,9-8+,27-16-/t17-,20+/m1/s1. The van der Waals surface area contributed by atoms with Gasteiger partial charge >= 0.3 is 5.97 Å². The van der Waals surface area contributed by atoms with E-state index in [0.29, 0.717) is 5.75 Å². The number of carbonyl (C=O) groups excluding carboxylic acids is 2. The second kappa shape index (κ2) is 10.5. The van der Waals surface area contributed by atoms with Crippen LogP contribution in [0.15, 0.2) is 58.3 Å². The fourth-order valence-electron chi connectivity index (χ4n) is 3.21. The normalized spacial score (nSPS) is 20.7. The lowest BCUT2D eigenvalue weighted by Gasteiger charge is -2.49. The Kier molecular flexibility index (Phi) is 7.86. The summed E-state index contributed by atoms with van der Waals surface area (Å²) in [5, 5.41) is 17.2. The van der Waals surface area contributed by atoms with Crippen molar-refractivity contribution in [1.29, 1.82) is 0 Å². The maximum atomic E-state index is 13.1. The Morgan fingerprint density at radius 1 is 1.43 bits per heavy atom. The van der Waals surface area contributed by atoms with E-state index in [-0.39, 0.29) is 27.8 Å². The fraction of sp³-hybridized carbons (Fsp3) is 0.348. The smallest absolute Gasteiger partial charge is 0.350 e. The molecule has 3 rings (SSSR count). The zero-order valence-corrected chi connectivity index (χ0v) is 21.4. The molecule has 186 valence electrons. The third kappa shape index (κ3) is 5.65. The van der Waals surface area contributed by atoms with Crippen molar-refractivity contribution in [2.45, 2.75) is 44.7 Å². The van der Waals surface area contributed by atoms with Crippen LogP contribution in [0.5, 0.6) is 0 Å². The van der Waals surface area contributed by atoms with Crippen LogP contribution in [-0.2, 0) is 19.2 Å². The number of fused-ring (bicyclic) bond motifs is 1. The van der Waals surface area contributed by atoms with Crippen LogP contribution in [0.1, 0.15) is 33.4 Å². The number of rotatable bonds is 9. The molecule has 3 heterocycles. The Balaban J connectivity index is 1.77. The van der Waals surface area contributed by atoms with Crippen LogP contribution in [0, 0.1) is 0 Å². The number of nitrogens with zero attached hydrogens (tertiary/aromatic N) is 3. The lowest BCUT2D eigenvalue weighted by atomic mass is 10.0. The maximum Gasteiger partial charge on any atom is 0.350 e. The molecule has 0 bridgehead atoms. The van der Waals surface area contributed by atoms with Crippen LogP contribution >= 0.6 is 23.1 Å². The van der Waals surface area contributed by atoms with Crippen molar-refractivity contribution in [3.05, 3.63) is 58.8 Å². The Morgan fingerprint density at radius 2 is 2.14 bits per heavy atom. The number of β-lactam (4-membered cyclic amide) rings is 1. The molecule has 4 N–H and O–H groups in total. The monoisotopic (exact) mass is 517 g/mol. The van der Waals surface area contributed by atoms with Gasteiger partial charge in [0.25, 0.3) is 11.8 Å². The van der Waals surface area contributed by atoms with Crippen LogP contribution in [0.4, 0.5) is 5.13 Å². The molecule has 2 aliphatic heterocycles. The summed E-state index contributed by atoms with van der Waals surface area (Å²) in [6.07, 6.45) is 7.63. The summed E-state index contributed by atoms with van der Waals surface area (Å²) in [5.41, 5.74) is 6.53. The van der Waals surface area contributed by atoms with Gasteiger partial charge in [-0.25, -0.2) is 9.78 Å². The summed E-state index contributed by atoms with van der Waals surface area (Å²) in [4.78, 5) is 48.2.